The topological polar surface area (TPSA) is 88.5 Å². The van der Waals surface area contributed by atoms with E-state index < -0.39 is 17.7 Å². The van der Waals surface area contributed by atoms with E-state index in [-0.39, 0.29) is 12.6 Å². The van der Waals surface area contributed by atoms with E-state index in [9.17, 15) is 14.7 Å². The summed E-state index contributed by atoms with van der Waals surface area (Å²) in [6.45, 7) is 7.57. The molecule has 0 radical (unpaired) electrons. The van der Waals surface area contributed by atoms with Gasteiger partial charge in [-0.15, -0.1) is 0 Å². The van der Waals surface area contributed by atoms with Crippen molar-refractivity contribution in [3.63, 3.8) is 0 Å². The van der Waals surface area contributed by atoms with Gasteiger partial charge in [-0.25, -0.2) is 9.59 Å². The highest BCUT2D eigenvalue weighted by molar-refractivity contribution is 5.92. The van der Waals surface area contributed by atoms with Crippen molar-refractivity contribution in [1.29, 1.82) is 0 Å². The summed E-state index contributed by atoms with van der Waals surface area (Å²) in [7, 11) is 2.84. The lowest BCUT2D eigenvalue weighted by molar-refractivity contribution is -0.0127. The van der Waals surface area contributed by atoms with Crippen molar-refractivity contribution in [2.75, 3.05) is 40.5 Å². The fourth-order valence-corrected chi connectivity index (χ4v) is 3.15. The second kappa shape index (κ2) is 9.25. The molecule has 0 aliphatic carbocycles. The summed E-state index contributed by atoms with van der Waals surface area (Å²) in [5, 5.41) is 9.75. The Balaban J connectivity index is 2.05. The van der Waals surface area contributed by atoms with E-state index in [1.165, 1.54) is 14.2 Å². The number of benzene rings is 1. The third-order valence-corrected chi connectivity index (χ3v) is 4.48. The van der Waals surface area contributed by atoms with Crippen LogP contribution in [0.4, 0.5) is 4.79 Å². The first-order chi connectivity index (χ1) is 13.2. The van der Waals surface area contributed by atoms with Gasteiger partial charge in [0.1, 0.15) is 16.9 Å². The van der Waals surface area contributed by atoms with E-state index >= 15 is 0 Å². The molecule has 1 saturated heterocycles. The van der Waals surface area contributed by atoms with Gasteiger partial charge in [-0.1, -0.05) is 6.07 Å². The Morgan fingerprint density at radius 1 is 1.21 bits per heavy atom. The molecule has 1 aromatic carbocycles. The van der Waals surface area contributed by atoms with Gasteiger partial charge in [-0.05, 0) is 38.5 Å². The minimum atomic E-state index is -0.577. The van der Waals surface area contributed by atoms with Crippen molar-refractivity contribution in [1.82, 2.24) is 9.80 Å². The van der Waals surface area contributed by atoms with Crippen molar-refractivity contribution in [3.05, 3.63) is 29.3 Å². The first kappa shape index (κ1) is 22.0. The molecule has 0 aromatic heterocycles. The Labute approximate surface area is 166 Å². The quantitative estimate of drug-likeness (QED) is 0.763. The average molecular weight is 394 g/mol. The smallest absolute Gasteiger partial charge is 0.410 e. The highest BCUT2D eigenvalue weighted by Crippen LogP contribution is 2.23. The molecule has 1 fully saturated rings. The first-order valence-corrected chi connectivity index (χ1v) is 9.26. The molecule has 1 amide bonds. The van der Waals surface area contributed by atoms with Crippen molar-refractivity contribution >= 4 is 12.1 Å². The van der Waals surface area contributed by atoms with Crippen molar-refractivity contribution in [2.45, 2.75) is 39.0 Å². The second-order valence-corrected chi connectivity index (χ2v) is 7.77. The summed E-state index contributed by atoms with van der Waals surface area (Å²) in [6.07, 6.45) is -0.407. The normalized spacial score (nSPS) is 17.9. The number of hydrogen-bond donors (Lipinski definition) is 1. The van der Waals surface area contributed by atoms with Gasteiger partial charge < -0.3 is 24.2 Å². The van der Waals surface area contributed by atoms with Gasteiger partial charge >= 0.3 is 12.1 Å². The molecule has 0 bridgehead atoms. The number of methoxy groups -OCH3 is 2. The van der Waals surface area contributed by atoms with E-state index in [1.54, 1.807) is 17.0 Å². The van der Waals surface area contributed by atoms with E-state index in [0.717, 1.165) is 5.56 Å². The molecule has 1 atom stereocenters. The number of esters is 1. The molecule has 0 saturated carbocycles. The standard InChI is InChI=1S/C20H30N2O6/c1-20(2,3)28-19(25)22-9-8-21(12-15(22)13-23)11-14-6-7-16(18(24)27-5)17(10-14)26-4/h6-7,10,15,23H,8-9,11-13H2,1-5H3/t15-/m1/s1. The molecule has 1 N–H and O–H groups in total. The molecule has 156 valence electrons. The highest BCUT2D eigenvalue weighted by Gasteiger charge is 2.33. The van der Waals surface area contributed by atoms with Gasteiger partial charge in [0.15, 0.2) is 0 Å². The molecule has 1 aliphatic heterocycles. The zero-order valence-corrected chi connectivity index (χ0v) is 17.2. The molecule has 1 aromatic rings. The lowest BCUT2D eigenvalue weighted by Crippen LogP contribution is -2.57. The van der Waals surface area contributed by atoms with Gasteiger partial charge in [-0.2, -0.15) is 0 Å². The Kier molecular flexibility index (Phi) is 7.26. The first-order valence-electron chi connectivity index (χ1n) is 9.26. The lowest BCUT2D eigenvalue weighted by Gasteiger charge is -2.41. The van der Waals surface area contributed by atoms with Crippen LogP contribution in [-0.2, 0) is 16.0 Å². The Hall–Kier alpha value is -2.32. The van der Waals surface area contributed by atoms with Crippen molar-refractivity contribution in [3.8, 4) is 5.75 Å². The molecule has 8 nitrogen and oxygen atoms in total. The Morgan fingerprint density at radius 2 is 1.93 bits per heavy atom. The molecule has 2 rings (SSSR count). The van der Waals surface area contributed by atoms with Gasteiger partial charge in [0, 0.05) is 26.2 Å². The van der Waals surface area contributed by atoms with Crippen LogP contribution in [0.15, 0.2) is 18.2 Å². The molecule has 8 heteroatoms. The number of piperazine rings is 1. The minimum absolute atomic E-state index is 0.139. The molecule has 0 unspecified atom stereocenters. The number of amides is 1. The molecule has 1 aliphatic rings. The van der Waals surface area contributed by atoms with Crippen LogP contribution in [-0.4, -0.2) is 79.1 Å². The Bertz CT molecular complexity index is 700. The maximum absolute atomic E-state index is 12.4. The van der Waals surface area contributed by atoms with E-state index in [4.69, 9.17) is 14.2 Å². The van der Waals surface area contributed by atoms with Gasteiger partial charge in [0.05, 0.1) is 26.9 Å². The number of aliphatic hydroxyl groups is 1. The predicted octanol–water partition coefficient (Wildman–Crippen LogP) is 1.90. The summed E-state index contributed by atoms with van der Waals surface area (Å²) in [6, 6.07) is 5.00. The average Bonchev–Trinajstić information content (AvgIpc) is 2.65. The summed E-state index contributed by atoms with van der Waals surface area (Å²) in [4.78, 5) is 27.9. The Morgan fingerprint density at radius 3 is 2.50 bits per heavy atom. The van der Waals surface area contributed by atoms with Gasteiger partial charge in [0.25, 0.3) is 0 Å². The maximum atomic E-state index is 12.4. The van der Waals surface area contributed by atoms with Crippen LogP contribution < -0.4 is 4.74 Å². The van der Waals surface area contributed by atoms with Crippen molar-refractivity contribution < 1.29 is 28.9 Å². The van der Waals surface area contributed by atoms with Crippen LogP contribution in [0.25, 0.3) is 0 Å². The van der Waals surface area contributed by atoms with Crippen LogP contribution >= 0.6 is 0 Å². The van der Waals surface area contributed by atoms with E-state index in [2.05, 4.69) is 4.90 Å². The summed E-state index contributed by atoms with van der Waals surface area (Å²) in [5.74, 6) is 0.00479. The monoisotopic (exact) mass is 394 g/mol. The van der Waals surface area contributed by atoms with Crippen molar-refractivity contribution in [2.24, 2.45) is 0 Å². The molecule has 28 heavy (non-hydrogen) atoms. The molecular formula is C20H30N2O6. The van der Waals surface area contributed by atoms with E-state index in [1.807, 2.05) is 26.8 Å². The second-order valence-electron chi connectivity index (χ2n) is 7.77. The predicted molar refractivity (Wildman–Crippen MR) is 103 cm³/mol. The third kappa shape index (κ3) is 5.59. The van der Waals surface area contributed by atoms with Gasteiger partial charge in [-0.3, -0.25) is 4.90 Å². The van der Waals surface area contributed by atoms with E-state index in [0.29, 0.717) is 37.5 Å². The van der Waals surface area contributed by atoms with Crippen LogP contribution in [0, 0.1) is 0 Å². The number of aliphatic hydroxyl groups excluding tert-OH is 1. The number of carbonyl (C=O) groups excluding carboxylic acids is 2. The van der Waals surface area contributed by atoms with Crippen LogP contribution in [0.2, 0.25) is 0 Å². The summed E-state index contributed by atoms with van der Waals surface area (Å²) < 4.78 is 15.5. The zero-order chi connectivity index (χ0) is 20.9. The fourth-order valence-electron chi connectivity index (χ4n) is 3.15. The highest BCUT2D eigenvalue weighted by atomic mass is 16.6. The lowest BCUT2D eigenvalue weighted by atomic mass is 10.1. The van der Waals surface area contributed by atoms with Crippen LogP contribution in [0.3, 0.4) is 0 Å². The van der Waals surface area contributed by atoms with Crippen LogP contribution in [0.1, 0.15) is 36.7 Å². The summed E-state index contributed by atoms with van der Waals surface area (Å²) in [5.41, 5.74) is 0.759. The number of hydrogen-bond acceptors (Lipinski definition) is 7. The number of carbonyl (C=O) groups is 2. The van der Waals surface area contributed by atoms with Gasteiger partial charge in [0.2, 0.25) is 0 Å². The molecule has 1 heterocycles. The fraction of sp³-hybridized carbons (Fsp3) is 0.600. The number of ether oxygens (including phenoxy) is 3. The molecule has 0 spiro atoms. The number of rotatable bonds is 5. The maximum Gasteiger partial charge on any atom is 0.410 e. The van der Waals surface area contributed by atoms with Crippen LogP contribution in [0.5, 0.6) is 5.75 Å². The zero-order valence-electron chi connectivity index (χ0n) is 17.2. The molecular weight excluding hydrogens is 364 g/mol. The number of nitrogens with zero attached hydrogens (tertiary/aromatic N) is 2. The minimum Gasteiger partial charge on any atom is -0.496 e. The SMILES string of the molecule is COC(=O)c1ccc(CN2CCN(C(=O)OC(C)(C)C)[C@@H](CO)C2)cc1OC. The summed E-state index contributed by atoms with van der Waals surface area (Å²) >= 11 is 0. The largest absolute Gasteiger partial charge is 0.496 e. The third-order valence-electron chi connectivity index (χ3n) is 4.48.